The fourth-order valence-corrected chi connectivity index (χ4v) is 2.33. The number of aryl methyl sites for hydroxylation is 1. The Hall–Kier alpha value is -1.42. The van der Waals surface area contributed by atoms with Gasteiger partial charge in [-0.05, 0) is 13.3 Å². The summed E-state index contributed by atoms with van der Waals surface area (Å²) in [5.74, 6) is 1.80. The zero-order valence-corrected chi connectivity index (χ0v) is 14.2. The van der Waals surface area contributed by atoms with Crippen LogP contribution in [-0.2, 0) is 18.4 Å². The molecule has 2 heterocycles. The molecule has 0 aromatic carbocycles. The van der Waals surface area contributed by atoms with E-state index in [9.17, 15) is 0 Å². The van der Waals surface area contributed by atoms with E-state index >= 15 is 0 Å². The number of halogens is 1. The number of imidazole rings is 1. The van der Waals surface area contributed by atoms with Crippen molar-refractivity contribution in [2.45, 2.75) is 59.4 Å². The topological polar surface area (TPSA) is 43.6 Å². The maximum atomic E-state index is 6.29. The molecule has 0 aliphatic heterocycles. The van der Waals surface area contributed by atoms with E-state index in [-0.39, 0.29) is 5.41 Å². The van der Waals surface area contributed by atoms with Crippen LogP contribution in [0.2, 0.25) is 5.15 Å². The third-order valence-corrected chi connectivity index (χ3v) is 3.82. The quantitative estimate of drug-likeness (QED) is 0.804. The van der Waals surface area contributed by atoms with Gasteiger partial charge in [0.15, 0.2) is 0 Å². The van der Waals surface area contributed by atoms with Gasteiger partial charge in [-0.2, -0.15) is 0 Å². The minimum Gasteiger partial charge on any atom is -0.335 e. The van der Waals surface area contributed by atoms with E-state index in [1.807, 2.05) is 19.3 Å². The lowest BCUT2D eigenvalue weighted by Crippen LogP contribution is -2.18. The summed E-state index contributed by atoms with van der Waals surface area (Å²) in [4.78, 5) is 13.6. The Morgan fingerprint density at radius 1 is 1.24 bits per heavy atom. The van der Waals surface area contributed by atoms with Crippen LogP contribution in [0.15, 0.2) is 12.4 Å². The van der Waals surface area contributed by atoms with Gasteiger partial charge in [0, 0.05) is 36.3 Å². The average molecular weight is 307 g/mol. The first-order valence-corrected chi connectivity index (χ1v) is 7.74. The van der Waals surface area contributed by atoms with E-state index in [2.05, 4.69) is 42.2 Å². The molecule has 21 heavy (non-hydrogen) atoms. The van der Waals surface area contributed by atoms with Crippen LogP contribution in [0.4, 0.5) is 0 Å². The molecule has 0 radical (unpaired) electrons. The second-order valence-corrected chi connectivity index (χ2v) is 6.73. The highest BCUT2D eigenvalue weighted by molar-refractivity contribution is 6.30. The lowest BCUT2D eigenvalue weighted by Gasteiger charge is -2.19. The van der Waals surface area contributed by atoms with E-state index in [0.717, 1.165) is 35.9 Å². The van der Waals surface area contributed by atoms with Crippen LogP contribution < -0.4 is 0 Å². The largest absolute Gasteiger partial charge is 0.335 e. The Bertz CT molecular complexity index is 626. The number of hydrogen-bond donors (Lipinski definition) is 0. The smallest absolute Gasteiger partial charge is 0.135 e. The van der Waals surface area contributed by atoms with Crippen molar-refractivity contribution in [3.05, 3.63) is 40.5 Å². The van der Waals surface area contributed by atoms with Crippen LogP contribution in [0, 0.1) is 6.92 Å². The first kappa shape index (κ1) is 16.0. The van der Waals surface area contributed by atoms with Crippen molar-refractivity contribution in [1.29, 1.82) is 0 Å². The molecule has 2 aromatic rings. The normalized spacial score (nSPS) is 11.9. The van der Waals surface area contributed by atoms with E-state index in [1.54, 1.807) is 0 Å². The SMILES string of the molecule is CCCn1ccnc1Cc1nc(C(C)(C)C)nc(Cl)c1C. The van der Waals surface area contributed by atoms with Gasteiger partial charge in [-0.15, -0.1) is 0 Å². The van der Waals surface area contributed by atoms with Crippen LogP contribution in [0.1, 0.15) is 57.0 Å². The predicted octanol–water partition coefficient (Wildman–Crippen LogP) is 3.93. The maximum absolute atomic E-state index is 6.29. The number of rotatable bonds is 4. The summed E-state index contributed by atoms with van der Waals surface area (Å²) >= 11 is 6.29. The average Bonchev–Trinajstić information content (AvgIpc) is 2.81. The van der Waals surface area contributed by atoms with Gasteiger partial charge < -0.3 is 4.57 Å². The summed E-state index contributed by atoms with van der Waals surface area (Å²) in [6, 6.07) is 0. The Morgan fingerprint density at radius 3 is 2.57 bits per heavy atom. The molecule has 0 fully saturated rings. The lowest BCUT2D eigenvalue weighted by atomic mass is 9.95. The third kappa shape index (κ3) is 3.62. The van der Waals surface area contributed by atoms with Crippen molar-refractivity contribution in [2.24, 2.45) is 0 Å². The molecule has 0 amide bonds. The molecule has 0 bridgehead atoms. The molecule has 0 aliphatic rings. The van der Waals surface area contributed by atoms with Crippen molar-refractivity contribution in [3.63, 3.8) is 0 Å². The lowest BCUT2D eigenvalue weighted by molar-refractivity contribution is 0.540. The highest BCUT2D eigenvalue weighted by Crippen LogP contribution is 2.24. The summed E-state index contributed by atoms with van der Waals surface area (Å²) in [6.07, 6.45) is 5.62. The van der Waals surface area contributed by atoms with Crippen LogP contribution in [-0.4, -0.2) is 19.5 Å². The minimum atomic E-state index is -0.120. The summed E-state index contributed by atoms with van der Waals surface area (Å²) in [7, 11) is 0. The molecule has 0 atom stereocenters. The van der Waals surface area contributed by atoms with E-state index in [1.165, 1.54) is 0 Å². The standard InChI is InChI=1S/C16H23ClN4/c1-6-8-21-9-7-18-13(21)10-12-11(2)14(17)20-15(19-12)16(3,4)5/h7,9H,6,8,10H2,1-5H3. The molecule has 5 heteroatoms. The Balaban J connectivity index is 2.39. The molecule has 2 rings (SSSR count). The number of hydrogen-bond acceptors (Lipinski definition) is 3. The Morgan fingerprint density at radius 2 is 1.95 bits per heavy atom. The van der Waals surface area contributed by atoms with E-state index in [0.29, 0.717) is 11.6 Å². The summed E-state index contributed by atoms with van der Waals surface area (Å²) in [5, 5.41) is 0.540. The molecular formula is C16H23ClN4. The molecule has 2 aromatic heterocycles. The highest BCUT2D eigenvalue weighted by atomic mass is 35.5. The number of aromatic nitrogens is 4. The zero-order chi connectivity index (χ0) is 15.6. The monoisotopic (exact) mass is 306 g/mol. The summed E-state index contributed by atoms with van der Waals surface area (Å²) < 4.78 is 2.17. The third-order valence-electron chi connectivity index (χ3n) is 3.45. The van der Waals surface area contributed by atoms with Crippen molar-refractivity contribution in [1.82, 2.24) is 19.5 Å². The van der Waals surface area contributed by atoms with Crippen LogP contribution in [0.3, 0.4) is 0 Å². The second kappa shape index (κ2) is 6.14. The maximum Gasteiger partial charge on any atom is 0.135 e. The van der Waals surface area contributed by atoms with E-state index < -0.39 is 0 Å². The minimum absolute atomic E-state index is 0.120. The molecule has 0 aliphatic carbocycles. The van der Waals surface area contributed by atoms with E-state index in [4.69, 9.17) is 16.6 Å². The van der Waals surface area contributed by atoms with Gasteiger partial charge in [-0.1, -0.05) is 39.3 Å². The first-order valence-electron chi connectivity index (χ1n) is 7.36. The van der Waals surface area contributed by atoms with Gasteiger partial charge in [0.25, 0.3) is 0 Å². The fraction of sp³-hybridized carbons (Fsp3) is 0.562. The Labute approximate surface area is 131 Å². The molecule has 0 spiro atoms. The fourth-order valence-electron chi connectivity index (χ4n) is 2.14. The van der Waals surface area contributed by atoms with Crippen molar-refractivity contribution in [3.8, 4) is 0 Å². The molecular weight excluding hydrogens is 284 g/mol. The van der Waals surface area contributed by atoms with Crippen molar-refractivity contribution in [2.75, 3.05) is 0 Å². The summed E-state index contributed by atoms with van der Waals surface area (Å²) in [5.41, 5.74) is 1.78. The zero-order valence-electron chi connectivity index (χ0n) is 13.4. The number of nitrogens with zero attached hydrogens (tertiary/aromatic N) is 4. The van der Waals surface area contributed by atoms with Crippen LogP contribution in [0.25, 0.3) is 0 Å². The highest BCUT2D eigenvalue weighted by Gasteiger charge is 2.21. The predicted molar refractivity (Wildman–Crippen MR) is 85.8 cm³/mol. The van der Waals surface area contributed by atoms with Gasteiger partial charge in [0.1, 0.15) is 16.8 Å². The van der Waals surface area contributed by atoms with Crippen molar-refractivity contribution < 1.29 is 0 Å². The summed E-state index contributed by atoms with van der Waals surface area (Å²) in [6.45, 7) is 11.4. The van der Waals surface area contributed by atoms with Crippen LogP contribution >= 0.6 is 11.6 Å². The van der Waals surface area contributed by atoms with Gasteiger partial charge in [-0.25, -0.2) is 15.0 Å². The first-order chi connectivity index (χ1) is 9.82. The van der Waals surface area contributed by atoms with Crippen molar-refractivity contribution >= 4 is 11.6 Å². The van der Waals surface area contributed by atoms with Gasteiger partial charge in [-0.3, -0.25) is 0 Å². The molecule has 0 saturated heterocycles. The van der Waals surface area contributed by atoms with Crippen LogP contribution in [0.5, 0.6) is 0 Å². The Kier molecular flexibility index (Phi) is 4.67. The molecule has 0 saturated carbocycles. The molecule has 114 valence electrons. The molecule has 0 N–H and O–H groups in total. The second-order valence-electron chi connectivity index (χ2n) is 6.37. The van der Waals surface area contributed by atoms with Gasteiger partial charge >= 0.3 is 0 Å². The van der Waals surface area contributed by atoms with Gasteiger partial charge in [0.05, 0.1) is 5.69 Å². The van der Waals surface area contributed by atoms with Gasteiger partial charge in [0.2, 0.25) is 0 Å². The molecule has 4 nitrogen and oxygen atoms in total. The molecule has 0 unspecified atom stereocenters.